The Bertz CT molecular complexity index is 472. The largest absolute Gasteiger partial charge is 0.410 e. The van der Waals surface area contributed by atoms with Crippen LogP contribution in [0.25, 0.3) is 6.08 Å². The van der Waals surface area contributed by atoms with Crippen molar-refractivity contribution in [1.29, 1.82) is 0 Å². The van der Waals surface area contributed by atoms with Crippen LogP contribution in [-0.4, -0.2) is 25.7 Å². The molecule has 5 heteroatoms. The third kappa shape index (κ3) is 5.16. The molecule has 0 saturated heterocycles. The van der Waals surface area contributed by atoms with E-state index in [9.17, 15) is 4.79 Å². The summed E-state index contributed by atoms with van der Waals surface area (Å²) in [6, 6.07) is 3.29. The zero-order valence-electron chi connectivity index (χ0n) is 13.8. The lowest BCUT2D eigenvalue weighted by atomic mass is 10.1. The molecule has 3 nitrogen and oxygen atoms in total. The molecule has 0 amide bonds. The van der Waals surface area contributed by atoms with Crippen molar-refractivity contribution in [1.82, 2.24) is 4.98 Å². The smallest absolute Gasteiger partial charge is 0.192 e. The summed E-state index contributed by atoms with van der Waals surface area (Å²) < 4.78 is 6.48. The summed E-state index contributed by atoms with van der Waals surface area (Å²) in [6.45, 7) is 10.7. The van der Waals surface area contributed by atoms with Gasteiger partial charge in [0.05, 0.1) is 16.8 Å². The van der Waals surface area contributed by atoms with E-state index in [-0.39, 0.29) is 6.10 Å². The van der Waals surface area contributed by atoms with Crippen molar-refractivity contribution >= 4 is 32.0 Å². The second-order valence-corrected chi connectivity index (χ2v) is 11.2. The summed E-state index contributed by atoms with van der Waals surface area (Å²) in [7, 11) is -1.71. The SMILES string of the molecule is CC[Si](CC)(CC)OC(CC=O)/C(C)=C/c1csc(C)n1. The maximum Gasteiger partial charge on any atom is 0.192 e. The molecule has 1 heterocycles. The van der Waals surface area contributed by atoms with Crippen LogP contribution in [0.4, 0.5) is 0 Å². The summed E-state index contributed by atoms with van der Waals surface area (Å²) in [4.78, 5) is 15.5. The number of thiazole rings is 1. The van der Waals surface area contributed by atoms with E-state index in [0.29, 0.717) is 6.42 Å². The summed E-state index contributed by atoms with van der Waals surface area (Å²) in [5, 5.41) is 3.10. The van der Waals surface area contributed by atoms with Crippen LogP contribution in [-0.2, 0) is 9.22 Å². The highest BCUT2D eigenvalue weighted by atomic mass is 32.1. The van der Waals surface area contributed by atoms with Gasteiger partial charge in [-0.25, -0.2) is 4.98 Å². The number of hydrogen-bond donors (Lipinski definition) is 0. The Morgan fingerprint density at radius 2 is 2.00 bits per heavy atom. The molecule has 0 spiro atoms. The van der Waals surface area contributed by atoms with Gasteiger partial charge in [0.2, 0.25) is 0 Å². The third-order valence-electron chi connectivity index (χ3n) is 4.16. The number of aromatic nitrogens is 1. The van der Waals surface area contributed by atoms with Crippen molar-refractivity contribution in [2.75, 3.05) is 0 Å². The van der Waals surface area contributed by atoms with Gasteiger partial charge in [-0.3, -0.25) is 0 Å². The number of carbonyl (C=O) groups excluding carboxylic acids is 1. The molecule has 118 valence electrons. The van der Waals surface area contributed by atoms with Crippen LogP contribution in [0.5, 0.6) is 0 Å². The fourth-order valence-electron chi connectivity index (χ4n) is 2.49. The second-order valence-electron chi connectivity index (χ2n) is 5.43. The van der Waals surface area contributed by atoms with Gasteiger partial charge in [0, 0.05) is 11.8 Å². The van der Waals surface area contributed by atoms with E-state index in [1.54, 1.807) is 11.3 Å². The minimum Gasteiger partial charge on any atom is -0.410 e. The minimum atomic E-state index is -1.71. The number of aryl methyl sites for hydroxylation is 1. The number of nitrogens with zero attached hydrogens (tertiary/aromatic N) is 1. The van der Waals surface area contributed by atoms with Crippen LogP contribution in [0.2, 0.25) is 18.1 Å². The highest BCUT2D eigenvalue weighted by Gasteiger charge is 2.32. The first kappa shape index (κ1) is 18.3. The van der Waals surface area contributed by atoms with Crippen LogP contribution in [0.3, 0.4) is 0 Å². The van der Waals surface area contributed by atoms with E-state index in [1.165, 1.54) is 0 Å². The quantitative estimate of drug-likeness (QED) is 0.482. The van der Waals surface area contributed by atoms with Gasteiger partial charge in [0.15, 0.2) is 8.32 Å². The van der Waals surface area contributed by atoms with Gasteiger partial charge < -0.3 is 9.22 Å². The lowest BCUT2D eigenvalue weighted by Gasteiger charge is -2.33. The number of aldehydes is 1. The lowest BCUT2D eigenvalue weighted by Crippen LogP contribution is -2.40. The molecule has 0 bridgehead atoms. The molecule has 21 heavy (non-hydrogen) atoms. The second kappa shape index (κ2) is 8.61. The monoisotopic (exact) mass is 325 g/mol. The van der Waals surface area contributed by atoms with Crippen molar-refractivity contribution in [3.05, 3.63) is 21.7 Å². The Kier molecular flexibility index (Phi) is 7.49. The van der Waals surface area contributed by atoms with Gasteiger partial charge in [0.25, 0.3) is 0 Å². The zero-order valence-corrected chi connectivity index (χ0v) is 15.6. The van der Waals surface area contributed by atoms with Crippen molar-refractivity contribution in [3.8, 4) is 0 Å². The Hall–Kier alpha value is -0.783. The predicted octanol–water partition coefficient (Wildman–Crippen LogP) is 4.83. The van der Waals surface area contributed by atoms with Gasteiger partial charge in [-0.05, 0) is 43.6 Å². The molecule has 0 saturated carbocycles. The standard InChI is InChI=1S/C16H27NO2SSi/c1-6-21(7-2,8-3)19-16(9-10-18)13(4)11-15-12-20-14(5)17-15/h10-12,16H,6-9H2,1-5H3/b13-11+. The van der Waals surface area contributed by atoms with E-state index in [2.05, 4.69) is 31.8 Å². The molecule has 1 atom stereocenters. The van der Waals surface area contributed by atoms with E-state index < -0.39 is 8.32 Å². The molecular formula is C16H27NO2SSi. The van der Waals surface area contributed by atoms with Gasteiger partial charge >= 0.3 is 0 Å². The first-order chi connectivity index (χ1) is 10.00. The molecule has 0 N–H and O–H groups in total. The van der Waals surface area contributed by atoms with Gasteiger partial charge in [-0.1, -0.05) is 20.8 Å². The first-order valence-electron chi connectivity index (χ1n) is 7.72. The summed E-state index contributed by atoms with van der Waals surface area (Å²) >= 11 is 1.64. The molecular weight excluding hydrogens is 298 g/mol. The fraction of sp³-hybridized carbons (Fsp3) is 0.625. The predicted molar refractivity (Wildman–Crippen MR) is 93.3 cm³/mol. The number of carbonyl (C=O) groups is 1. The normalized spacial score (nSPS) is 14.2. The van der Waals surface area contributed by atoms with Crippen LogP contribution in [0.15, 0.2) is 11.0 Å². The average molecular weight is 326 g/mol. The van der Waals surface area contributed by atoms with E-state index in [4.69, 9.17) is 4.43 Å². The molecule has 1 aromatic rings. The molecule has 0 fully saturated rings. The van der Waals surface area contributed by atoms with Crippen molar-refractivity contribution in [2.24, 2.45) is 0 Å². The molecule has 0 aliphatic heterocycles. The van der Waals surface area contributed by atoms with Crippen LogP contribution in [0, 0.1) is 6.92 Å². The molecule has 1 unspecified atom stereocenters. The molecule has 1 aromatic heterocycles. The summed E-state index contributed by atoms with van der Waals surface area (Å²) in [5.74, 6) is 0. The average Bonchev–Trinajstić information content (AvgIpc) is 2.89. The van der Waals surface area contributed by atoms with Crippen LogP contribution in [0.1, 0.15) is 44.8 Å². The highest BCUT2D eigenvalue weighted by molar-refractivity contribution is 7.09. The molecule has 0 radical (unpaired) electrons. The summed E-state index contributed by atoms with van der Waals surface area (Å²) in [5.41, 5.74) is 2.06. The third-order valence-corrected chi connectivity index (χ3v) is 9.60. The van der Waals surface area contributed by atoms with Crippen molar-refractivity contribution < 1.29 is 9.22 Å². The molecule has 0 aromatic carbocycles. The first-order valence-corrected chi connectivity index (χ1v) is 11.1. The van der Waals surface area contributed by atoms with Crippen molar-refractivity contribution in [3.63, 3.8) is 0 Å². The van der Waals surface area contributed by atoms with E-state index in [1.807, 2.05) is 19.2 Å². The maximum absolute atomic E-state index is 11.0. The summed E-state index contributed by atoms with van der Waals surface area (Å²) in [6.07, 6.45) is 3.35. The highest BCUT2D eigenvalue weighted by Crippen LogP contribution is 2.27. The van der Waals surface area contributed by atoms with Crippen LogP contribution < -0.4 is 0 Å². The van der Waals surface area contributed by atoms with Crippen LogP contribution >= 0.6 is 11.3 Å². The minimum absolute atomic E-state index is 0.101. The van der Waals surface area contributed by atoms with Gasteiger partial charge in [-0.15, -0.1) is 11.3 Å². The Labute approximate surface area is 133 Å². The number of rotatable bonds is 9. The lowest BCUT2D eigenvalue weighted by molar-refractivity contribution is -0.109. The zero-order chi connectivity index (χ0) is 15.9. The fourth-order valence-corrected chi connectivity index (χ4v) is 5.94. The Balaban J connectivity index is 2.94. The van der Waals surface area contributed by atoms with Gasteiger partial charge in [0.1, 0.15) is 6.29 Å². The Morgan fingerprint density at radius 3 is 2.43 bits per heavy atom. The number of hydrogen-bond acceptors (Lipinski definition) is 4. The Morgan fingerprint density at radius 1 is 1.38 bits per heavy atom. The van der Waals surface area contributed by atoms with E-state index >= 15 is 0 Å². The maximum atomic E-state index is 11.0. The molecule has 0 aliphatic rings. The van der Waals surface area contributed by atoms with E-state index in [0.717, 1.165) is 40.7 Å². The molecule has 1 rings (SSSR count). The van der Waals surface area contributed by atoms with Gasteiger partial charge in [-0.2, -0.15) is 0 Å². The van der Waals surface area contributed by atoms with Crippen molar-refractivity contribution in [2.45, 2.75) is 65.3 Å². The molecule has 0 aliphatic carbocycles. The topological polar surface area (TPSA) is 39.2 Å².